The second kappa shape index (κ2) is 7.60. The van der Waals surface area contributed by atoms with Crippen molar-refractivity contribution in [2.75, 3.05) is 37.6 Å². The molecule has 7 heteroatoms. The van der Waals surface area contributed by atoms with Gasteiger partial charge in [-0.3, -0.25) is 9.59 Å². The maximum atomic E-state index is 13.0. The van der Waals surface area contributed by atoms with E-state index in [1.807, 2.05) is 30.9 Å². The lowest BCUT2D eigenvalue weighted by molar-refractivity contribution is -0.145. The minimum Gasteiger partial charge on any atom is -0.353 e. The third kappa shape index (κ3) is 3.89. The van der Waals surface area contributed by atoms with Gasteiger partial charge in [-0.1, -0.05) is 25.4 Å². The first-order valence-electron chi connectivity index (χ1n) is 8.92. The molecular weight excluding hydrogens is 340 g/mol. The van der Waals surface area contributed by atoms with E-state index in [-0.39, 0.29) is 23.8 Å². The van der Waals surface area contributed by atoms with Crippen molar-refractivity contribution in [3.05, 3.63) is 23.4 Å². The van der Waals surface area contributed by atoms with Crippen molar-refractivity contribution in [3.63, 3.8) is 0 Å². The number of carbonyl (C=O) groups is 2. The zero-order valence-corrected chi connectivity index (χ0v) is 15.6. The van der Waals surface area contributed by atoms with Gasteiger partial charge in [0.05, 0.1) is 5.02 Å². The Hall–Kier alpha value is -1.82. The Kier molecular flexibility index (Phi) is 5.47. The molecule has 1 atom stereocenters. The van der Waals surface area contributed by atoms with E-state index in [9.17, 15) is 9.59 Å². The van der Waals surface area contributed by atoms with Crippen LogP contribution in [0, 0.1) is 5.92 Å². The first-order valence-corrected chi connectivity index (χ1v) is 9.30. The molecular formula is C18H25ClN4O2. The van der Waals surface area contributed by atoms with Crippen LogP contribution in [0.25, 0.3) is 0 Å². The van der Waals surface area contributed by atoms with Gasteiger partial charge in [0.25, 0.3) is 0 Å². The molecule has 0 N–H and O–H groups in total. The normalized spacial score (nSPS) is 19.7. The van der Waals surface area contributed by atoms with Crippen LogP contribution in [0.5, 0.6) is 0 Å². The predicted octanol–water partition coefficient (Wildman–Crippen LogP) is 2.03. The number of likely N-dealkylation sites (tertiary alicyclic amines) is 1. The van der Waals surface area contributed by atoms with Crippen molar-refractivity contribution in [2.24, 2.45) is 5.92 Å². The Morgan fingerprint density at radius 3 is 2.40 bits per heavy atom. The van der Waals surface area contributed by atoms with E-state index < -0.39 is 0 Å². The Morgan fingerprint density at radius 2 is 1.88 bits per heavy atom. The molecule has 6 nitrogen and oxygen atoms in total. The Labute approximate surface area is 153 Å². The molecule has 0 aromatic carbocycles. The Bertz CT molecular complexity index is 626. The molecule has 1 unspecified atom stereocenters. The quantitative estimate of drug-likeness (QED) is 0.820. The van der Waals surface area contributed by atoms with E-state index in [1.54, 1.807) is 11.1 Å². The van der Waals surface area contributed by atoms with E-state index in [4.69, 9.17) is 11.6 Å². The van der Waals surface area contributed by atoms with Gasteiger partial charge in [0.1, 0.15) is 11.9 Å². The lowest BCUT2D eigenvalue weighted by atomic mass is 10.0. The average molecular weight is 365 g/mol. The van der Waals surface area contributed by atoms with E-state index >= 15 is 0 Å². The highest BCUT2D eigenvalue weighted by Crippen LogP contribution is 2.22. The van der Waals surface area contributed by atoms with Crippen LogP contribution in [0.4, 0.5) is 5.82 Å². The van der Waals surface area contributed by atoms with Crippen LogP contribution in [-0.2, 0) is 9.59 Å². The molecule has 2 aliphatic heterocycles. The van der Waals surface area contributed by atoms with Gasteiger partial charge >= 0.3 is 0 Å². The molecule has 3 heterocycles. The first-order chi connectivity index (χ1) is 12.0. The third-order valence-corrected chi connectivity index (χ3v) is 5.18. The molecule has 0 spiro atoms. The number of halogens is 1. The largest absolute Gasteiger partial charge is 0.353 e. The van der Waals surface area contributed by atoms with Gasteiger partial charge in [-0.2, -0.15) is 0 Å². The van der Waals surface area contributed by atoms with Gasteiger partial charge in [0.15, 0.2) is 0 Å². The lowest BCUT2D eigenvalue weighted by Crippen LogP contribution is -2.56. The molecule has 1 aromatic heterocycles. The van der Waals surface area contributed by atoms with Crippen molar-refractivity contribution in [3.8, 4) is 0 Å². The molecule has 136 valence electrons. The fraction of sp³-hybridized carbons (Fsp3) is 0.611. The zero-order valence-electron chi connectivity index (χ0n) is 14.8. The predicted molar refractivity (Wildman–Crippen MR) is 97.6 cm³/mol. The second-order valence-corrected chi connectivity index (χ2v) is 7.46. The molecule has 3 rings (SSSR count). The number of nitrogens with zero attached hydrogens (tertiary/aromatic N) is 4. The van der Waals surface area contributed by atoms with Crippen LogP contribution >= 0.6 is 11.6 Å². The van der Waals surface area contributed by atoms with Crippen LogP contribution in [0.3, 0.4) is 0 Å². The highest BCUT2D eigenvalue weighted by atomic mass is 35.5. The SMILES string of the molecule is CC(C)C(C(=O)N1CCN(c2ccc(Cl)cn2)CC1)N1CCCC1=O. The van der Waals surface area contributed by atoms with E-state index in [1.165, 1.54) is 0 Å². The number of piperazine rings is 1. The first kappa shape index (κ1) is 18.0. The number of carbonyl (C=O) groups excluding carboxylic acids is 2. The number of amides is 2. The summed E-state index contributed by atoms with van der Waals surface area (Å²) >= 11 is 5.89. The van der Waals surface area contributed by atoms with Crippen LogP contribution in [0.15, 0.2) is 18.3 Å². The van der Waals surface area contributed by atoms with Gasteiger partial charge in [0, 0.05) is 45.3 Å². The molecule has 2 saturated heterocycles. The van der Waals surface area contributed by atoms with Crippen molar-refractivity contribution in [2.45, 2.75) is 32.7 Å². The van der Waals surface area contributed by atoms with Gasteiger partial charge in [-0.15, -0.1) is 0 Å². The summed E-state index contributed by atoms with van der Waals surface area (Å²) in [5.41, 5.74) is 0. The van der Waals surface area contributed by atoms with Crippen molar-refractivity contribution in [1.82, 2.24) is 14.8 Å². The molecule has 0 aliphatic carbocycles. The minimum absolute atomic E-state index is 0.0777. The number of anilines is 1. The van der Waals surface area contributed by atoms with E-state index in [2.05, 4.69) is 9.88 Å². The molecule has 0 saturated carbocycles. The topological polar surface area (TPSA) is 56.8 Å². The summed E-state index contributed by atoms with van der Waals surface area (Å²) in [4.78, 5) is 35.3. The molecule has 1 aromatic rings. The highest BCUT2D eigenvalue weighted by Gasteiger charge is 2.38. The van der Waals surface area contributed by atoms with Gasteiger partial charge < -0.3 is 14.7 Å². The number of hydrogen-bond acceptors (Lipinski definition) is 4. The lowest BCUT2D eigenvalue weighted by Gasteiger charge is -2.39. The average Bonchev–Trinajstić information content (AvgIpc) is 3.01. The molecule has 2 fully saturated rings. The van der Waals surface area contributed by atoms with Crippen LogP contribution in [-0.4, -0.2) is 65.4 Å². The Balaban J connectivity index is 1.63. The maximum Gasteiger partial charge on any atom is 0.245 e. The molecule has 0 bridgehead atoms. The highest BCUT2D eigenvalue weighted by molar-refractivity contribution is 6.30. The summed E-state index contributed by atoms with van der Waals surface area (Å²) in [5.74, 6) is 1.18. The minimum atomic E-state index is -0.338. The summed E-state index contributed by atoms with van der Waals surface area (Å²) in [6.45, 7) is 7.49. The van der Waals surface area contributed by atoms with Crippen LogP contribution in [0.1, 0.15) is 26.7 Å². The van der Waals surface area contributed by atoms with Crippen molar-refractivity contribution < 1.29 is 9.59 Å². The summed E-state index contributed by atoms with van der Waals surface area (Å²) in [6, 6.07) is 3.39. The fourth-order valence-electron chi connectivity index (χ4n) is 3.64. The molecule has 0 radical (unpaired) electrons. The summed E-state index contributed by atoms with van der Waals surface area (Å²) in [6.07, 6.45) is 3.06. The fourth-order valence-corrected chi connectivity index (χ4v) is 3.75. The summed E-state index contributed by atoms with van der Waals surface area (Å²) in [7, 11) is 0. The number of aromatic nitrogens is 1. The third-order valence-electron chi connectivity index (χ3n) is 4.96. The standard InChI is InChI=1S/C18H25ClN4O2/c1-13(2)17(23-7-3-4-16(23)24)18(25)22-10-8-21(9-11-22)15-6-5-14(19)12-20-15/h5-6,12-13,17H,3-4,7-11H2,1-2H3. The van der Waals surface area contributed by atoms with Crippen LogP contribution < -0.4 is 4.90 Å². The second-order valence-electron chi connectivity index (χ2n) is 7.03. The Morgan fingerprint density at radius 1 is 1.16 bits per heavy atom. The number of hydrogen-bond donors (Lipinski definition) is 0. The smallest absolute Gasteiger partial charge is 0.245 e. The molecule has 2 amide bonds. The van der Waals surface area contributed by atoms with Gasteiger partial charge in [0.2, 0.25) is 11.8 Å². The maximum absolute atomic E-state index is 13.0. The monoisotopic (exact) mass is 364 g/mol. The number of pyridine rings is 1. The van der Waals surface area contributed by atoms with Gasteiger partial charge in [-0.05, 0) is 24.5 Å². The van der Waals surface area contributed by atoms with Crippen LogP contribution in [0.2, 0.25) is 5.02 Å². The van der Waals surface area contributed by atoms with E-state index in [0.717, 1.165) is 25.3 Å². The zero-order chi connectivity index (χ0) is 18.0. The van der Waals surface area contributed by atoms with E-state index in [0.29, 0.717) is 31.1 Å². The molecule has 2 aliphatic rings. The van der Waals surface area contributed by atoms with Gasteiger partial charge in [-0.25, -0.2) is 4.98 Å². The molecule has 25 heavy (non-hydrogen) atoms. The van der Waals surface area contributed by atoms with Crippen molar-refractivity contribution >= 4 is 29.2 Å². The summed E-state index contributed by atoms with van der Waals surface area (Å²) < 4.78 is 0. The number of rotatable bonds is 4. The summed E-state index contributed by atoms with van der Waals surface area (Å²) in [5, 5.41) is 0.618. The van der Waals surface area contributed by atoms with Crippen molar-refractivity contribution in [1.29, 1.82) is 0 Å².